The summed E-state index contributed by atoms with van der Waals surface area (Å²) in [5.41, 5.74) is 0.982. The van der Waals surface area contributed by atoms with Gasteiger partial charge in [-0.3, -0.25) is 0 Å². The molecule has 0 saturated heterocycles. The lowest BCUT2D eigenvalue weighted by Crippen LogP contribution is -2.54. The fourth-order valence-electron chi connectivity index (χ4n) is 5.84. The molecule has 7 atom stereocenters. The van der Waals surface area contributed by atoms with Crippen LogP contribution in [0.15, 0.2) is 35.6 Å². The summed E-state index contributed by atoms with van der Waals surface area (Å²) in [5.74, 6) is 1.48. The van der Waals surface area contributed by atoms with Crippen LogP contribution in [0.2, 0.25) is 0 Å². The van der Waals surface area contributed by atoms with E-state index in [9.17, 15) is 15.3 Å². The third-order valence-electron chi connectivity index (χ3n) is 7.22. The summed E-state index contributed by atoms with van der Waals surface area (Å²) < 4.78 is 0. The van der Waals surface area contributed by atoms with Crippen LogP contribution in [0.3, 0.4) is 0 Å². The molecule has 2 saturated carbocycles. The van der Waals surface area contributed by atoms with Crippen molar-refractivity contribution in [3.05, 3.63) is 35.6 Å². The molecule has 0 aromatic carbocycles. The van der Waals surface area contributed by atoms with E-state index in [0.29, 0.717) is 24.0 Å². The molecule has 3 nitrogen and oxygen atoms in total. The Morgan fingerprint density at radius 2 is 1.95 bits per heavy atom. The van der Waals surface area contributed by atoms with Crippen LogP contribution >= 0.6 is 0 Å². The van der Waals surface area contributed by atoms with Gasteiger partial charge in [0.2, 0.25) is 0 Å². The summed E-state index contributed by atoms with van der Waals surface area (Å²) in [5, 5.41) is 31.0. The summed E-state index contributed by atoms with van der Waals surface area (Å²) >= 11 is 0. The number of aliphatic hydroxyl groups excluding tert-OH is 3. The smallest absolute Gasteiger partial charge is 0.0944 e. The molecule has 0 aliphatic heterocycles. The first-order chi connectivity index (χ1) is 10.4. The quantitative estimate of drug-likeness (QED) is 0.603. The maximum atomic E-state index is 10.8. The van der Waals surface area contributed by atoms with E-state index in [-0.39, 0.29) is 22.9 Å². The van der Waals surface area contributed by atoms with Crippen molar-refractivity contribution in [2.45, 2.75) is 51.7 Å². The highest BCUT2D eigenvalue weighted by atomic mass is 16.3. The molecule has 4 rings (SSSR count). The maximum absolute atomic E-state index is 10.8. The lowest BCUT2D eigenvalue weighted by atomic mass is 9.47. The van der Waals surface area contributed by atoms with Crippen LogP contribution in [0.5, 0.6) is 0 Å². The Morgan fingerprint density at radius 3 is 2.73 bits per heavy atom. The van der Waals surface area contributed by atoms with Crippen molar-refractivity contribution in [2.24, 2.45) is 28.6 Å². The van der Waals surface area contributed by atoms with Crippen LogP contribution in [0.25, 0.3) is 0 Å². The van der Waals surface area contributed by atoms with Crippen LogP contribution in [-0.2, 0) is 0 Å². The number of rotatable bonds is 0. The van der Waals surface area contributed by atoms with Gasteiger partial charge in [0.15, 0.2) is 0 Å². The van der Waals surface area contributed by atoms with Gasteiger partial charge < -0.3 is 15.3 Å². The Morgan fingerprint density at radius 1 is 1.18 bits per heavy atom. The van der Waals surface area contributed by atoms with Crippen molar-refractivity contribution in [2.75, 3.05) is 0 Å². The molecule has 0 aromatic rings. The highest BCUT2D eigenvalue weighted by Crippen LogP contribution is 2.64. The number of fused-ring (bicyclic) bond motifs is 5. The van der Waals surface area contributed by atoms with Crippen molar-refractivity contribution < 1.29 is 15.3 Å². The SMILES string of the molecule is C[C@]12C=C[C@H](O)C=C1C[C@H](O)[C@@H]1[C@@H]2CC[C@]2(C)C(O)=CC[C@@H]12. The number of aliphatic hydroxyl groups is 3. The molecule has 2 fully saturated rings. The molecule has 0 bridgehead atoms. The van der Waals surface area contributed by atoms with Gasteiger partial charge in [-0.25, -0.2) is 0 Å². The Bertz CT molecular complexity index is 589. The molecule has 22 heavy (non-hydrogen) atoms. The lowest BCUT2D eigenvalue weighted by molar-refractivity contribution is -0.0873. The standard InChI is InChI=1S/C19H26O3/c1-18-7-5-12(20)9-11(18)10-15(21)17-13-3-4-16(22)19(13,2)8-6-14(17)18/h4-5,7,9,12-15,17,20-22H,3,6,8,10H2,1-2H3/t12-,13-,14-,15-,17-,18-,19-/m0/s1. The van der Waals surface area contributed by atoms with Crippen molar-refractivity contribution in [1.82, 2.24) is 0 Å². The first-order valence-corrected chi connectivity index (χ1v) is 8.52. The van der Waals surface area contributed by atoms with Crippen LogP contribution in [0, 0.1) is 28.6 Å². The van der Waals surface area contributed by atoms with Crippen molar-refractivity contribution in [3.63, 3.8) is 0 Å². The van der Waals surface area contributed by atoms with Crippen molar-refractivity contribution in [3.8, 4) is 0 Å². The molecule has 120 valence electrons. The second-order valence-corrected chi connectivity index (χ2v) is 8.17. The van der Waals surface area contributed by atoms with E-state index in [1.807, 2.05) is 18.2 Å². The van der Waals surface area contributed by atoms with Crippen LogP contribution in [0.1, 0.15) is 39.5 Å². The Hall–Kier alpha value is -1.06. The van der Waals surface area contributed by atoms with Gasteiger partial charge in [-0.05, 0) is 49.5 Å². The second-order valence-electron chi connectivity index (χ2n) is 8.17. The number of hydrogen-bond donors (Lipinski definition) is 3. The summed E-state index contributed by atoms with van der Waals surface area (Å²) in [6.07, 6.45) is 10.6. The predicted molar refractivity (Wildman–Crippen MR) is 85.1 cm³/mol. The molecule has 0 unspecified atom stereocenters. The van der Waals surface area contributed by atoms with Crippen molar-refractivity contribution >= 4 is 0 Å². The fraction of sp³-hybridized carbons (Fsp3) is 0.684. The summed E-state index contributed by atoms with van der Waals surface area (Å²) in [6, 6.07) is 0. The molecule has 4 aliphatic rings. The topological polar surface area (TPSA) is 60.7 Å². The fourth-order valence-corrected chi connectivity index (χ4v) is 5.84. The summed E-state index contributed by atoms with van der Waals surface area (Å²) in [6.45, 7) is 4.42. The highest BCUT2D eigenvalue weighted by molar-refractivity contribution is 5.35. The average molecular weight is 302 g/mol. The van der Waals surface area contributed by atoms with E-state index in [2.05, 4.69) is 19.9 Å². The van der Waals surface area contributed by atoms with Gasteiger partial charge in [-0.2, -0.15) is 0 Å². The molecule has 3 heteroatoms. The van der Waals surface area contributed by atoms with E-state index < -0.39 is 6.10 Å². The lowest BCUT2D eigenvalue weighted by Gasteiger charge is -2.57. The number of allylic oxidation sites excluding steroid dienone is 3. The molecule has 0 radical (unpaired) electrons. The molecule has 0 amide bonds. The van der Waals surface area contributed by atoms with Gasteiger partial charge in [-0.1, -0.05) is 37.6 Å². The normalized spacial score (nSPS) is 53.2. The molecule has 0 spiro atoms. The van der Waals surface area contributed by atoms with Gasteiger partial charge in [-0.15, -0.1) is 0 Å². The molecule has 3 N–H and O–H groups in total. The van der Waals surface area contributed by atoms with Crippen LogP contribution in [0.4, 0.5) is 0 Å². The van der Waals surface area contributed by atoms with E-state index in [1.165, 1.54) is 5.57 Å². The second kappa shape index (κ2) is 4.48. The average Bonchev–Trinajstić information content (AvgIpc) is 2.77. The molecular formula is C19H26O3. The Kier molecular flexibility index (Phi) is 2.96. The molecule has 4 aliphatic carbocycles. The first-order valence-electron chi connectivity index (χ1n) is 8.52. The van der Waals surface area contributed by atoms with Gasteiger partial charge in [0, 0.05) is 10.8 Å². The highest BCUT2D eigenvalue weighted by Gasteiger charge is 2.59. The minimum Gasteiger partial charge on any atom is -0.512 e. The summed E-state index contributed by atoms with van der Waals surface area (Å²) in [4.78, 5) is 0. The van der Waals surface area contributed by atoms with E-state index in [4.69, 9.17) is 0 Å². The summed E-state index contributed by atoms with van der Waals surface area (Å²) in [7, 11) is 0. The zero-order chi connectivity index (χ0) is 15.7. The minimum atomic E-state index is -0.516. The van der Waals surface area contributed by atoms with Crippen LogP contribution in [-0.4, -0.2) is 27.5 Å². The third-order valence-corrected chi connectivity index (χ3v) is 7.22. The van der Waals surface area contributed by atoms with E-state index >= 15 is 0 Å². The number of hydrogen-bond acceptors (Lipinski definition) is 3. The van der Waals surface area contributed by atoms with Gasteiger partial charge in [0.25, 0.3) is 0 Å². The zero-order valence-corrected chi connectivity index (χ0v) is 13.4. The third kappa shape index (κ3) is 1.70. The van der Waals surface area contributed by atoms with Gasteiger partial charge in [0.1, 0.15) is 0 Å². The van der Waals surface area contributed by atoms with E-state index in [0.717, 1.165) is 19.3 Å². The monoisotopic (exact) mass is 302 g/mol. The largest absolute Gasteiger partial charge is 0.512 e. The molecule has 0 aromatic heterocycles. The Labute approximate surface area is 132 Å². The maximum Gasteiger partial charge on any atom is 0.0944 e. The van der Waals surface area contributed by atoms with E-state index in [1.54, 1.807) is 0 Å². The van der Waals surface area contributed by atoms with Crippen LogP contribution < -0.4 is 0 Å². The first kappa shape index (κ1) is 14.5. The Balaban J connectivity index is 1.74. The zero-order valence-electron chi connectivity index (χ0n) is 13.4. The van der Waals surface area contributed by atoms with Gasteiger partial charge >= 0.3 is 0 Å². The van der Waals surface area contributed by atoms with Crippen molar-refractivity contribution in [1.29, 1.82) is 0 Å². The molecular weight excluding hydrogens is 276 g/mol. The molecule has 0 heterocycles. The predicted octanol–water partition coefficient (Wildman–Crippen LogP) is 3.11. The van der Waals surface area contributed by atoms with Gasteiger partial charge in [0.05, 0.1) is 18.0 Å². The minimum absolute atomic E-state index is 0.0529.